The SMILES string of the molecule is C1=NC2=CC=NC2=C1.CCI. The molecule has 0 unspecified atom stereocenters. The van der Waals surface area contributed by atoms with E-state index in [-0.39, 0.29) is 0 Å². The van der Waals surface area contributed by atoms with E-state index >= 15 is 0 Å². The van der Waals surface area contributed by atoms with Crippen LogP contribution in [0.15, 0.2) is 33.5 Å². The first kappa shape index (κ1) is 8.64. The zero-order valence-corrected chi connectivity index (χ0v) is 8.45. The molecule has 2 rings (SSSR count). The second kappa shape index (κ2) is 4.43. The Labute approximate surface area is 80.0 Å². The molecule has 0 radical (unpaired) electrons. The molecule has 2 heterocycles. The number of hydrogen-bond acceptors (Lipinski definition) is 2. The van der Waals surface area contributed by atoms with Crippen molar-refractivity contribution in [2.45, 2.75) is 6.92 Å². The predicted molar refractivity (Wildman–Crippen MR) is 57.7 cm³/mol. The van der Waals surface area contributed by atoms with Gasteiger partial charge in [0, 0.05) is 12.4 Å². The van der Waals surface area contributed by atoms with Gasteiger partial charge in [-0.05, 0) is 16.6 Å². The van der Waals surface area contributed by atoms with Crippen LogP contribution in [0, 0.1) is 0 Å². The maximum Gasteiger partial charge on any atom is 0.0901 e. The highest BCUT2D eigenvalue weighted by molar-refractivity contribution is 14.1. The van der Waals surface area contributed by atoms with Crippen LogP contribution >= 0.6 is 22.6 Å². The van der Waals surface area contributed by atoms with Gasteiger partial charge < -0.3 is 0 Å². The van der Waals surface area contributed by atoms with Gasteiger partial charge in [-0.1, -0.05) is 29.5 Å². The van der Waals surface area contributed by atoms with Crippen LogP contribution in [0.3, 0.4) is 0 Å². The lowest BCUT2D eigenvalue weighted by molar-refractivity contribution is 1.33. The summed E-state index contributed by atoms with van der Waals surface area (Å²) in [7, 11) is 0. The molecule has 11 heavy (non-hydrogen) atoms. The Morgan fingerprint density at radius 3 is 1.91 bits per heavy atom. The van der Waals surface area contributed by atoms with Gasteiger partial charge in [-0.2, -0.15) is 0 Å². The summed E-state index contributed by atoms with van der Waals surface area (Å²) >= 11 is 2.29. The first-order chi connectivity index (χ1) is 5.38. The molecule has 0 bridgehead atoms. The van der Waals surface area contributed by atoms with E-state index < -0.39 is 0 Å². The standard InChI is InChI=1S/C6H4N2.C2H5I/c1-3-7-6-2-4-8-5(1)6;1-2-3/h1-4H;2H2,1H3. The molecule has 3 heteroatoms. The van der Waals surface area contributed by atoms with Crippen LogP contribution < -0.4 is 0 Å². The van der Waals surface area contributed by atoms with Crippen molar-refractivity contribution in [1.82, 2.24) is 0 Å². The molecule has 0 saturated heterocycles. The van der Waals surface area contributed by atoms with Gasteiger partial charge in [-0.15, -0.1) is 0 Å². The van der Waals surface area contributed by atoms with Crippen molar-refractivity contribution in [2.24, 2.45) is 9.98 Å². The maximum atomic E-state index is 4.02. The first-order valence-electron chi connectivity index (χ1n) is 3.43. The fourth-order valence-corrected chi connectivity index (χ4v) is 0.765. The van der Waals surface area contributed by atoms with Crippen LogP contribution in [0.25, 0.3) is 0 Å². The van der Waals surface area contributed by atoms with Gasteiger partial charge >= 0.3 is 0 Å². The fourth-order valence-electron chi connectivity index (χ4n) is 0.765. The second-order valence-corrected chi connectivity index (χ2v) is 3.45. The Bertz CT molecular complexity index is 223. The van der Waals surface area contributed by atoms with Crippen molar-refractivity contribution in [1.29, 1.82) is 0 Å². The monoisotopic (exact) mass is 260 g/mol. The zero-order valence-electron chi connectivity index (χ0n) is 6.29. The number of rotatable bonds is 0. The summed E-state index contributed by atoms with van der Waals surface area (Å²) in [4.78, 5) is 8.03. The van der Waals surface area contributed by atoms with E-state index in [1.165, 1.54) is 4.43 Å². The van der Waals surface area contributed by atoms with Gasteiger partial charge in [-0.3, -0.25) is 9.98 Å². The fraction of sp³-hybridized carbons (Fsp3) is 0.250. The third kappa shape index (κ3) is 2.25. The molecule has 0 spiro atoms. The average molecular weight is 260 g/mol. The van der Waals surface area contributed by atoms with Crippen LogP contribution in [0.2, 0.25) is 0 Å². The van der Waals surface area contributed by atoms with Crippen LogP contribution in [0.4, 0.5) is 0 Å². The molecule has 0 atom stereocenters. The van der Waals surface area contributed by atoms with Crippen molar-refractivity contribution in [2.75, 3.05) is 4.43 Å². The first-order valence-corrected chi connectivity index (χ1v) is 4.96. The van der Waals surface area contributed by atoms with Crippen molar-refractivity contribution in [3.05, 3.63) is 23.5 Å². The summed E-state index contributed by atoms with van der Waals surface area (Å²) in [5.74, 6) is 0. The smallest absolute Gasteiger partial charge is 0.0901 e. The van der Waals surface area contributed by atoms with Crippen molar-refractivity contribution in [3.63, 3.8) is 0 Å². The lowest BCUT2D eigenvalue weighted by Crippen LogP contribution is -1.66. The maximum absolute atomic E-state index is 4.02. The highest BCUT2D eigenvalue weighted by Gasteiger charge is 2.07. The van der Waals surface area contributed by atoms with Crippen LogP contribution in [-0.4, -0.2) is 16.9 Å². The molecule has 0 amide bonds. The van der Waals surface area contributed by atoms with E-state index in [1.807, 2.05) is 12.2 Å². The Kier molecular flexibility index (Phi) is 3.48. The van der Waals surface area contributed by atoms with Crippen molar-refractivity contribution in [3.8, 4) is 0 Å². The lowest BCUT2D eigenvalue weighted by atomic mass is 10.4. The van der Waals surface area contributed by atoms with Crippen molar-refractivity contribution < 1.29 is 0 Å². The van der Waals surface area contributed by atoms with Crippen LogP contribution in [-0.2, 0) is 0 Å². The van der Waals surface area contributed by atoms with Crippen LogP contribution in [0.5, 0.6) is 0 Å². The minimum atomic E-state index is 0.991. The predicted octanol–water partition coefficient (Wildman–Crippen LogP) is 2.36. The highest BCUT2D eigenvalue weighted by atomic mass is 127. The molecule has 0 aromatic carbocycles. The minimum Gasteiger partial charge on any atom is -0.254 e. The van der Waals surface area contributed by atoms with Crippen LogP contribution in [0.1, 0.15) is 6.92 Å². The van der Waals surface area contributed by atoms with Gasteiger partial charge in [-0.25, -0.2) is 0 Å². The largest absolute Gasteiger partial charge is 0.254 e. The van der Waals surface area contributed by atoms with E-state index in [9.17, 15) is 0 Å². The molecular formula is C8H9IN2. The Hall–Kier alpha value is -0.450. The molecule has 2 aliphatic rings. The number of fused-ring (bicyclic) bond motifs is 1. The van der Waals surface area contributed by atoms with E-state index in [1.54, 1.807) is 12.4 Å². The summed E-state index contributed by atoms with van der Waals surface area (Å²) in [6.07, 6.45) is 7.32. The number of allylic oxidation sites excluding steroid dienone is 2. The van der Waals surface area contributed by atoms with Gasteiger partial charge in [0.05, 0.1) is 11.4 Å². The van der Waals surface area contributed by atoms with Gasteiger partial charge in [0.1, 0.15) is 0 Å². The molecule has 0 N–H and O–H groups in total. The topological polar surface area (TPSA) is 24.7 Å². The van der Waals surface area contributed by atoms with Gasteiger partial charge in [0.15, 0.2) is 0 Å². The number of alkyl halides is 1. The van der Waals surface area contributed by atoms with E-state index in [0.717, 1.165) is 11.4 Å². The summed E-state index contributed by atoms with van der Waals surface area (Å²) in [6.45, 7) is 2.11. The molecule has 2 aliphatic heterocycles. The zero-order chi connectivity index (χ0) is 8.10. The van der Waals surface area contributed by atoms with E-state index in [4.69, 9.17) is 0 Å². The summed E-state index contributed by atoms with van der Waals surface area (Å²) in [5.41, 5.74) is 1.98. The van der Waals surface area contributed by atoms with Crippen molar-refractivity contribution >= 4 is 35.0 Å². The molecule has 58 valence electrons. The molecule has 0 aliphatic carbocycles. The normalized spacial score (nSPS) is 16.9. The average Bonchev–Trinajstić information content (AvgIpc) is 2.44. The Balaban J connectivity index is 0.000000179. The number of nitrogens with zero attached hydrogens (tertiary/aromatic N) is 2. The number of hydrogen-bond donors (Lipinski definition) is 0. The third-order valence-electron chi connectivity index (χ3n) is 1.15. The number of aliphatic imine (C=N–C) groups is 2. The Morgan fingerprint density at radius 2 is 1.55 bits per heavy atom. The van der Waals surface area contributed by atoms with E-state index in [2.05, 4.69) is 39.5 Å². The molecular weight excluding hydrogens is 251 g/mol. The lowest BCUT2D eigenvalue weighted by Gasteiger charge is -1.83. The summed E-state index contributed by atoms with van der Waals surface area (Å²) in [5, 5.41) is 0. The molecule has 0 fully saturated rings. The third-order valence-corrected chi connectivity index (χ3v) is 1.15. The number of halogens is 1. The minimum absolute atomic E-state index is 0.991. The second-order valence-electron chi connectivity index (χ2n) is 1.93. The van der Waals surface area contributed by atoms with Gasteiger partial charge in [0.25, 0.3) is 0 Å². The summed E-state index contributed by atoms with van der Waals surface area (Å²) in [6, 6.07) is 0. The highest BCUT2D eigenvalue weighted by Crippen LogP contribution is 2.19. The summed E-state index contributed by atoms with van der Waals surface area (Å²) < 4.78 is 1.22. The van der Waals surface area contributed by atoms with Gasteiger partial charge in [0.2, 0.25) is 0 Å². The molecule has 0 aromatic rings. The molecule has 2 nitrogen and oxygen atoms in total. The molecule has 0 aromatic heterocycles. The molecule has 0 saturated carbocycles. The quantitative estimate of drug-likeness (QED) is 0.472. The van der Waals surface area contributed by atoms with E-state index in [0.29, 0.717) is 0 Å². The Morgan fingerprint density at radius 1 is 1.18 bits per heavy atom.